The summed E-state index contributed by atoms with van der Waals surface area (Å²) in [7, 11) is 1.59. The summed E-state index contributed by atoms with van der Waals surface area (Å²) in [6.07, 6.45) is 0. The molecule has 0 unspecified atom stereocenters. The number of carbonyl (C=O) groups is 1. The lowest BCUT2D eigenvalue weighted by Gasteiger charge is -2.14. The smallest absolute Gasteiger partial charge is 0.251 e. The standard InChI is InChI=1S/C21H23N3O2/c1-15(19-11-10-16-6-3-4-9-20(16)24-19)22-12-13-23-21(25)17-7-5-8-18(14-17)26-2/h3-11,14-15,22H,12-13H2,1-2H3,(H,23,25)/t15-/m1/s1. The molecule has 0 radical (unpaired) electrons. The molecule has 0 saturated carbocycles. The fourth-order valence-electron chi connectivity index (χ4n) is 2.76. The van der Waals surface area contributed by atoms with Crippen molar-refractivity contribution in [2.75, 3.05) is 20.2 Å². The van der Waals surface area contributed by atoms with Crippen LogP contribution in [0.15, 0.2) is 60.7 Å². The first-order valence-electron chi connectivity index (χ1n) is 8.68. The van der Waals surface area contributed by atoms with Crippen LogP contribution in [0, 0.1) is 0 Å². The van der Waals surface area contributed by atoms with E-state index in [0.717, 1.165) is 16.6 Å². The van der Waals surface area contributed by atoms with E-state index in [1.807, 2.05) is 30.3 Å². The van der Waals surface area contributed by atoms with Crippen LogP contribution in [0.25, 0.3) is 10.9 Å². The zero-order chi connectivity index (χ0) is 18.4. The third-order valence-electron chi connectivity index (χ3n) is 4.26. The lowest BCUT2D eigenvalue weighted by Crippen LogP contribution is -2.33. The molecule has 0 bridgehead atoms. The lowest BCUT2D eigenvalue weighted by molar-refractivity contribution is 0.0953. The minimum absolute atomic E-state index is 0.105. The van der Waals surface area contributed by atoms with E-state index in [4.69, 9.17) is 9.72 Å². The van der Waals surface area contributed by atoms with Crippen LogP contribution in [-0.4, -0.2) is 31.1 Å². The first-order chi connectivity index (χ1) is 12.7. The van der Waals surface area contributed by atoms with Crippen molar-refractivity contribution in [3.63, 3.8) is 0 Å². The number of carbonyl (C=O) groups excluding carboxylic acids is 1. The van der Waals surface area contributed by atoms with E-state index in [1.54, 1.807) is 25.3 Å². The predicted octanol–water partition coefficient (Wildman–Crippen LogP) is 3.32. The van der Waals surface area contributed by atoms with Crippen LogP contribution in [0.1, 0.15) is 29.0 Å². The molecule has 2 N–H and O–H groups in total. The van der Waals surface area contributed by atoms with E-state index in [-0.39, 0.29) is 11.9 Å². The number of pyridine rings is 1. The van der Waals surface area contributed by atoms with Gasteiger partial charge in [0, 0.05) is 30.1 Å². The minimum Gasteiger partial charge on any atom is -0.497 e. The van der Waals surface area contributed by atoms with Crippen LogP contribution in [0.4, 0.5) is 0 Å². The second-order valence-electron chi connectivity index (χ2n) is 6.09. The van der Waals surface area contributed by atoms with E-state index >= 15 is 0 Å². The van der Waals surface area contributed by atoms with E-state index in [1.165, 1.54) is 0 Å². The molecule has 0 fully saturated rings. The van der Waals surface area contributed by atoms with Gasteiger partial charge < -0.3 is 15.4 Å². The average Bonchev–Trinajstić information content (AvgIpc) is 2.70. The topological polar surface area (TPSA) is 63.2 Å². The third-order valence-corrected chi connectivity index (χ3v) is 4.26. The van der Waals surface area contributed by atoms with E-state index < -0.39 is 0 Å². The maximum Gasteiger partial charge on any atom is 0.251 e. The van der Waals surface area contributed by atoms with Gasteiger partial charge in [0.2, 0.25) is 0 Å². The van der Waals surface area contributed by atoms with Gasteiger partial charge in [-0.25, -0.2) is 0 Å². The molecule has 3 aromatic rings. The summed E-state index contributed by atoms with van der Waals surface area (Å²) in [4.78, 5) is 16.9. The van der Waals surface area contributed by atoms with Crippen LogP contribution in [0.3, 0.4) is 0 Å². The monoisotopic (exact) mass is 349 g/mol. The van der Waals surface area contributed by atoms with Crippen molar-refractivity contribution in [3.05, 3.63) is 71.9 Å². The largest absolute Gasteiger partial charge is 0.497 e. The van der Waals surface area contributed by atoms with Crippen LogP contribution in [0.2, 0.25) is 0 Å². The zero-order valence-electron chi connectivity index (χ0n) is 15.0. The normalized spacial score (nSPS) is 11.9. The minimum atomic E-state index is -0.109. The highest BCUT2D eigenvalue weighted by molar-refractivity contribution is 5.94. The van der Waals surface area contributed by atoms with Crippen molar-refractivity contribution < 1.29 is 9.53 Å². The first kappa shape index (κ1) is 17.9. The molecular formula is C21H23N3O2. The third kappa shape index (κ3) is 4.37. The molecule has 5 heteroatoms. The van der Waals surface area contributed by atoms with Gasteiger partial charge in [-0.05, 0) is 37.3 Å². The zero-order valence-corrected chi connectivity index (χ0v) is 15.0. The molecule has 1 atom stereocenters. The van der Waals surface area contributed by atoms with E-state index in [2.05, 4.69) is 29.7 Å². The highest BCUT2D eigenvalue weighted by atomic mass is 16.5. The highest BCUT2D eigenvalue weighted by Gasteiger charge is 2.09. The number of nitrogens with one attached hydrogen (secondary N) is 2. The number of fused-ring (bicyclic) bond motifs is 1. The predicted molar refractivity (Wildman–Crippen MR) is 103 cm³/mol. The molecule has 0 aliphatic carbocycles. The summed E-state index contributed by atoms with van der Waals surface area (Å²) in [5, 5.41) is 7.43. The van der Waals surface area contributed by atoms with Crippen LogP contribution in [0.5, 0.6) is 5.75 Å². The van der Waals surface area contributed by atoms with Crippen molar-refractivity contribution in [2.45, 2.75) is 13.0 Å². The fourth-order valence-corrected chi connectivity index (χ4v) is 2.76. The van der Waals surface area contributed by atoms with Crippen molar-refractivity contribution in [1.82, 2.24) is 15.6 Å². The molecule has 26 heavy (non-hydrogen) atoms. The molecule has 2 aromatic carbocycles. The molecule has 0 saturated heterocycles. The number of benzene rings is 2. The van der Waals surface area contributed by atoms with Crippen molar-refractivity contribution in [3.8, 4) is 5.75 Å². The summed E-state index contributed by atoms with van der Waals surface area (Å²) >= 11 is 0. The number of hydrogen-bond donors (Lipinski definition) is 2. The Bertz CT molecular complexity index is 895. The Balaban J connectivity index is 1.49. The number of aromatic nitrogens is 1. The van der Waals surface area contributed by atoms with E-state index in [9.17, 15) is 4.79 Å². The Kier molecular flexibility index (Phi) is 5.81. The van der Waals surface area contributed by atoms with Gasteiger partial charge in [0.25, 0.3) is 5.91 Å². The number of rotatable bonds is 7. The number of amides is 1. The maximum atomic E-state index is 12.2. The molecule has 3 rings (SSSR count). The van der Waals surface area contributed by atoms with Gasteiger partial charge in [0.1, 0.15) is 5.75 Å². The number of ether oxygens (including phenoxy) is 1. The van der Waals surface area contributed by atoms with Crippen molar-refractivity contribution in [1.29, 1.82) is 0 Å². The molecule has 0 aliphatic rings. The maximum absolute atomic E-state index is 12.2. The van der Waals surface area contributed by atoms with Crippen LogP contribution < -0.4 is 15.4 Å². The number of para-hydroxylation sites is 1. The quantitative estimate of drug-likeness (QED) is 0.642. The van der Waals surface area contributed by atoms with Gasteiger partial charge in [0.15, 0.2) is 0 Å². The second kappa shape index (κ2) is 8.45. The average molecular weight is 349 g/mol. The molecule has 1 amide bonds. The summed E-state index contributed by atoms with van der Waals surface area (Å²) < 4.78 is 5.14. The van der Waals surface area contributed by atoms with Crippen LogP contribution >= 0.6 is 0 Å². The molecule has 1 heterocycles. The highest BCUT2D eigenvalue weighted by Crippen LogP contribution is 2.16. The van der Waals surface area contributed by atoms with Crippen molar-refractivity contribution in [2.24, 2.45) is 0 Å². The number of nitrogens with zero attached hydrogens (tertiary/aromatic N) is 1. The van der Waals surface area contributed by atoms with Crippen molar-refractivity contribution >= 4 is 16.8 Å². The Morgan fingerprint density at radius 2 is 1.92 bits per heavy atom. The van der Waals surface area contributed by atoms with Gasteiger partial charge in [-0.1, -0.05) is 30.3 Å². The Labute approximate surface area is 153 Å². The summed E-state index contributed by atoms with van der Waals surface area (Å²) in [5.74, 6) is 0.564. The lowest BCUT2D eigenvalue weighted by atomic mass is 10.1. The Morgan fingerprint density at radius 3 is 2.77 bits per heavy atom. The Hall–Kier alpha value is -2.92. The number of hydrogen-bond acceptors (Lipinski definition) is 4. The van der Waals surface area contributed by atoms with Crippen LogP contribution in [-0.2, 0) is 0 Å². The summed E-state index contributed by atoms with van der Waals surface area (Å²) in [6, 6.07) is 19.4. The molecule has 5 nitrogen and oxygen atoms in total. The van der Waals surface area contributed by atoms with Gasteiger partial charge in [-0.3, -0.25) is 9.78 Å². The first-order valence-corrected chi connectivity index (χ1v) is 8.68. The molecule has 0 aliphatic heterocycles. The molecule has 0 spiro atoms. The summed E-state index contributed by atoms with van der Waals surface area (Å²) in [6.45, 7) is 3.26. The van der Waals surface area contributed by atoms with Gasteiger partial charge in [-0.15, -0.1) is 0 Å². The fraction of sp³-hybridized carbons (Fsp3) is 0.238. The molecular weight excluding hydrogens is 326 g/mol. The summed E-state index contributed by atoms with van der Waals surface area (Å²) in [5.41, 5.74) is 2.57. The van der Waals surface area contributed by atoms with Gasteiger partial charge in [0.05, 0.1) is 18.3 Å². The molecule has 134 valence electrons. The van der Waals surface area contributed by atoms with Gasteiger partial charge >= 0.3 is 0 Å². The second-order valence-corrected chi connectivity index (χ2v) is 6.09. The SMILES string of the molecule is COc1cccc(C(=O)NCCN[C@H](C)c2ccc3ccccc3n2)c1. The van der Waals surface area contributed by atoms with E-state index in [0.29, 0.717) is 24.4 Å². The number of methoxy groups -OCH3 is 1. The Morgan fingerprint density at radius 1 is 1.08 bits per heavy atom. The van der Waals surface area contributed by atoms with Gasteiger partial charge in [-0.2, -0.15) is 0 Å². The molecule has 1 aromatic heterocycles.